The fraction of sp³-hybridized carbons (Fsp3) is 0.400. The summed E-state index contributed by atoms with van der Waals surface area (Å²) in [4.78, 5) is 15.9. The summed E-state index contributed by atoms with van der Waals surface area (Å²) in [5.41, 5.74) is 1.06. The molecular formula is C15H20N4O2. The Morgan fingerprint density at radius 1 is 1.33 bits per heavy atom. The number of pyridine rings is 1. The first-order valence-corrected chi connectivity index (χ1v) is 6.88. The molecule has 2 rings (SSSR count). The van der Waals surface area contributed by atoms with Gasteiger partial charge in [-0.2, -0.15) is 5.10 Å². The van der Waals surface area contributed by atoms with Gasteiger partial charge in [-0.15, -0.1) is 0 Å². The number of amides is 1. The maximum Gasteiger partial charge on any atom is 0.412 e. The van der Waals surface area contributed by atoms with Crippen molar-refractivity contribution in [1.82, 2.24) is 14.8 Å². The Morgan fingerprint density at radius 2 is 2.10 bits per heavy atom. The lowest BCUT2D eigenvalue weighted by atomic mass is 10.2. The van der Waals surface area contributed by atoms with E-state index in [1.807, 2.05) is 40.0 Å². The van der Waals surface area contributed by atoms with Crippen LogP contribution in [0.4, 0.5) is 10.5 Å². The fourth-order valence-electron chi connectivity index (χ4n) is 1.69. The van der Waals surface area contributed by atoms with Crippen molar-refractivity contribution >= 4 is 11.8 Å². The predicted octanol–water partition coefficient (Wildman–Crippen LogP) is 3.18. The lowest BCUT2D eigenvalue weighted by Gasteiger charge is -2.19. The van der Waals surface area contributed by atoms with Gasteiger partial charge in [-0.3, -0.25) is 5.32 Å². The van der Waals surface area contributed by atoms with Gasteiger partial charge in [0.25, 0.3) is 0 Å². The number of rotatable bonds is 3. The summed E-state index contributed by atoms with van der Waals surface area (Å²) in [5.74, 6) is 0.699. The Bertz CT molecular complexity index is 611. The average molecular weight is 288 g/mol. The minimum absolute atomic E-state index is 0.496. The third-order valence-electron chi connectivity index (χ3n) is 2.63. The Morgan fingerprint density at radius 3 is 2.62 bits per heavy atom. The minimum atomic E-state index is -0.525. The monoisotopic (exact) mass is 288 g/mol. The summed E-state index contributed by atoms with van der Waals surface area (Å²) in [6, 6.07) is 5.51. The van der Waals surface area contributed by atoms with Crippen molar-refractivity contribution in [1.29, 1.82) is 0 Å². The number of hydrogen-bond donors (Lipinski definition) is 1. The van der Waals surface area contributed by atoms with E-state index >= 15 is 0 Å². The largest absolute Gasteiger partial charge is 0.444 e. The van der Waals surface area contributed by atoms with Crippen LogP contribution in [0.1, 0.15) is 33.4 Å². The Balaban J connectivity index is 2.03. The van der Waals surface area contributed by atoms with E-state index in [0.717, 1.165) is 12.1 Å². The van der Waals surface area contributed by atoms with E-state index in [4.69, 9.17) is 4.74 Å². The first-order valence-electron chi connectivity index (χ1n) is 6.88. The third kappa shape index (κ3) is 4.30. The summed E-state index contributed by atoms with van der Waals surface area (Å²) < 4.78 is 6.88. The van der Waals surface area contributed by atoms with Crippen molar-refractivity contribution in [3.05, 3.63) is 36.3 Å². The average Bonchev–Trinajstić information content (AvgIpc) is 2.86. The van der Waals surface area contributed by atoms with Gasteiger partial charge < -0.3 is 4.74 Å². The molecule has 6 heteroatoms. The van der Waals surface area contributed by atoms with Crippen molar-refractivity contribution in [3.8, 4) is 5.82 Å². The quantitative estimate of drug-likeness (QED) is 0.941. The molecule has 0 fully saturated rings. The van der Waals surface area contributed by atoms with Gasteiger partial charge in [0.1, 0.15) is 5.60 Å². The zero-order valence-electron chi connectivity index (χ0n) is 12.8. The molecule has 0 aliphatic rings. The number of carbonyl (C=O) groups excluding carboxylic acids is 1. The van der Waals surface area contributed by atoms with E-state index in [9.17, 15) is 4.79 Å². The maximum absolute atomic E-state index is 11.6. The Labute approximate surface area is 124 Å². The second kappa shape index (κ2) is 5.95. The van der Waals surface area contributed by atoms with Crippen LogP contribution in [0.5, 0.6) is 0 Å². The molecule has 0 spiro atoms. The van der Waals surface area contributed by atoms with Crippen LogP contribution in [-0.4, -0.2) is 26.5 Å². The van der Waals surface area contributed by atoms with Gasteiger partial charge in [-0.1, -0.05) is 6.92 Å². The molecule has 21 heavy (non-hydrogen) atoms. The molecule has 2 heterocycles. The number of anilines is 1. The predicted molar refractivity (Wildman–Crippen MR) is 80.6 cm³/mol. The fourth-order valence-corrected chi connectivity index (χ4v) is 1.69. The van der Waals surface area contributed by atoms with Crippen LogP contribution in [0.2, 0.25) is 0 Å². The van der Waals surface area contributed by atoms with Crippen LogP contribution >= 0.6 is 0 Å². The molecule has 0 aliphatic carbocycles. The molecular weight excluding hydrogens is 268 g/mol. The van der Waals surface area contributed by atoms with Gasteiger partial charge in [0, 0.05) is 6.20 Å². The number of aromatic nitrogens is 3. The van der Waals surface area contributed by atoms with E-state index in [1.165, 1.54) is 0 Å². The van der Waals surface area contributed by atoms with Crippen LogP contribution < -0.4 is 5.32 Å². The van der Waals surface area contributed by atoms with Crippen LogP contribution in [0.15, 0.2) is 30.6 Å². The van der Waals surface area contributed by atoms with Gasteiger partial charge in [0.05, 0.1) is 17.6 Å². The lowest BCUT2D eigenvalue weighted by Crippen LogP contribution is -2.27. The van der Waals surface area contributed by atoms with Crippen LogP contribution in [-0.2, 0) is 11.2 Å². The molecule has 112 valence electrons. The summed E-state index contributed by atoms with van der Waals surface area (Å²) in [6.07, 6.45) is 3.82. The van der Waals surface area contributed by atoms with Crippen molar-refractivity contribution in [2.45, 2.75) is 39.7 Å². The summed E-state index contributed by atoms with van der Waals surface area (Å²) in [7, 11) is 0. The summed E-state index contributed by atoms with van der Waals surface area (Å²) in [5, 5.41) is 7.02. The van der Waals surface area contributed by atoms with Crippen molar-refractivity contribution in [2.75, 3.05) is 5.32 Å². The third-order valence-corrected chi connectivity index (χ3v) is 2.63. The zero-order chi connectivity index (χ0) is 15.5. The van der Waals surface area contributed by atoms with Gasteiger partial charge in [-0.05, 0) is 45.4 Å². The topological polar surface area (TPSA) is 69.0 Å². The van der Waals surface area contributed by atoms with Gasteiger partial charge >= 0.3 is 6.09 Å². The molecule has 1 amide bonds. The van der Waals surface area contributed by atoms with E-state index in [-0.39, 0.29) is 0 Å². The molecule has 2 aromatic rings. The Hall–Kier alpha value is -2.37. The minimum Gasteiger partial charge on any atom is -0.444 e. The number of nitrogens with one attached hydrogen (secondary N) is 1. The molecule has 6 nitrogen and oxygen atoms in total. The highest BCUT2D eigenvalue weighted by Gasteiger charge is 2.16. The highest BCUT2D eigenvalue weighted by atomic mass is 16.6. The normalized spacial score (nSPS) is 11.2. The maximum atomic E-state index is 11.6. The van der Waals surface area contributed by atoms with Crippen molar-refractivity contribution in [3.63, 3.8) is 0 Å². The standard InChI is InChI=1S/C15H20N4O2/c1-5-11-8-9-19(18-11)13-7-6-12(10-16-13)17-14(20)21-15(2,3)4/h6-10H,5H2,1-4H3,(H,17,20). The van der Waals surface area contributed by atoms with Crippen molar-refractivity contribution < 1.29 is 9.53 Å². The van der Waals surface area contributed by atoms with Crippen LogP contribution in [0, 0.1) is 0 Å². The van der Waals surface area contributed by atoms with Crippen LogP contribution in [0.3, 0.4) is 0 Å². The molecule has 0 radical (unpaired) electrons. The summed E-state index contributed by atoms with van der Waals surface area (Å²) >= 11 is 0. The van der Waals surface area contributed by atoms with Gasteiger partial charge in [-0.25, -0.2) is 14.5 Å². The molecule has 1 N–H and O–H groups in total. The number of carbonyl (C=O) groups is 1. The van der Waals surface area contributed by atoms with Gasteiger partial charge in [0.2, 0.25) is 0 Å². The SMILES string of the molecule is CCc1ccn(-c2ccc(NC(=O)OC(C)(C)C)cn2)n1. The molecule has 2 aromatic heterocycles. The highest BCUT2D eigenvalue weighted by Crippen LogP contribution is 2.13. The Kier molecular flexibility index (Phi) is 4.26. The number of aryl methyl sites for hydroxylation is 1. The molecule has 0 aliphatic heterocycles. The molecule has 0 atom stereocenters. The number of nitrogens with zero attached hydrogens (tertiary/aromatic N) is 3. The molecule has 0 bridgehead atoms. The number of hydrogen-bond acceptors (Lipinski definition) is 4. The smallest absolute Gasteiger partial charge is 0.412 e. The van der Waals surface area contributed by atoms with E-state index in [2.05, 4.69) is 15.4 Å². The van der Waals surface area contributed by atoms with E-state index in [1.54, 1.807) is 23.0 Å². The van der Waals surface area contributed by atoms with E-state index < -0.39 is 11.7 Å². The van der Waals surface area contributed by atoms with Crippen molar-refractivity contribution in [2.24, 2.45) is 0 Å². The zero-order valence-corrected chi connectivity index (χ0v) is 12.8. The number of ether oxygens (including phenoxy) is 1. The molecule has 0 saturated carbocycles. The first-order chi connectivity index (χ1) is 9.87. The first kappa shape index (κ1) is 15.0. The molecule has 0 aromatic carbocycles. The van der Waals surface area contributed by atoms with Crippen LogP contribution in [0.25, 0.3) is 5.82 Å². The second-order valence-corrected chi connectivity index (χ2v) is 5.64. The van der Waals surface area contributed by atoms with Gasteiger partial charge in [0.15, 0.2) is 5.82 Å². The molecule has 0 unspecified atom stereocenters. The second-order valence-electron chi connectivity index (χ2n) is 5.64. The summed E-state index contributed by atoms with van der Waals surface area (Å²) in [6.45, 7) is 7.50. The lowest BCUT2D eigenvalue weighted by molar-refractivity contribution is 0.0636. The highest BCUT2D eigenvalue weighted by molar-refractivity contribution is 5.84. The molecule has 0 saturated heterocycles. The van der Waals surface area contributed by atoms with E-state index in [0.29, 0.717) is 11.5 Å².